The molecule has 0 atom stereocenters. The van der Waals surface area contributed by atoms with Crippen LogP contribution in [0.5, 0.6) is 23.0 Å². The Morgan fingerprint density at radius 3 is 2.26 bits per heavy atom. The Bertz CT molecular complexity index is 1320. The summed E-state index contributed by atoms with van der Waals surface area (Å²) in [5, 5.41) is 31.4. The largest absolute Gasteiger partial charge is 0.507 e. The van der Waals surface area contributed by atoms with Gasteiger partial charge in [0.1, 0.15) is 28.1 Å². The third kappa shape index (κ3) is 3.86. The predicted octanol–water partition coefficient (Wildman–Crippen LogP) is 4.27. The molecule has 0 amide bonds. The SMILES string of the molecule is C=C(C)C(=O)Cc1c(OC)c(O)cc2oc3cc(O)c(CC=C(C)C)c(O)c3c(=O)c12. The topological polar surface area (TPSA) is 117 Å². The average Bonchev–Trinajstić information content (AvgIpc) is 2.66. The Morgan fingerprint density at radius 1 is 1.06 bits per heavy atom. The summed E-state index contributed by atoms with van der Waals surface area (Å²) in [7, 11) is 1.31. The van der Waals surface area contributed by atoms with Crippen LogP contribution in [0.25, 0.3) is 21.9 Å². The van der Waals surface area contributed by atoms with E-state index >= 15 is 0 Å². The van der Waals surface area contributed by atoms with Crippen molar-refractivity contribution in [3.05, 3.63) is 57.3 Å². The van der Waals surface area contributed by atoms with Gasteiger partial charge in [-0.15, -0.1) is 0 Å². The first kappa shape index (κ1) is 22.0. The monoisotopic (exact) mass is 424 g/mol. The first-order valence-electron chi connectivity index (χ1n) is 9.62. The van der Waals surface area contributed by atoms with Gasteiger partial charge >= 0.3 is 0 Å². The van der Waals surface area contributed by atoms with Crippen molar-refractivity contribution in [3.8, 4) is 23.0 Å². The van der Waals surface area contributed by atoms with Crippen LogP contribution in [-0.4, -0.2) is 28.2 Å². The van der Waals surface area contributed by atoms with Crippen molar-refractivity contribution >= 4 is 27.7 Å². The zero-order valence-electron chi connectivity index (χ0n) is 17.8. The minimum absolute atomic E-state index is 0.00355. The summed E-state index contributed by atoms with van der Waals surface area (Å²) in [6.07, 6.45) is 1.78. The van der Waals surface area contributed by atoms with E-state index in [9.17, 15) is 24.9 Å². The third-order valence-electron chi connectivity index (χ3n) is 5.07. The Morgan fingerprint density at radius 2 is 1.68 bits per heavy atom. The van der Waals surface area contributed by atoms with Gasteiger partial charge in [-0.25, -0.2) is 0 Å². The van der Waals surface area contributed by atoms with E-state index in [0.717, 1.165) is 5.57 Å². The minimum atomic E-state index is -0.602. The summed E-state index contributed by atoms with van der Waals surface area (Å²) >= 11 is 0. The number of phenols is 3. The smallest absolute Gasteiger partial charge is 0.204 e. The van der Waals surface area contributed by atoms with E-state index in [1.165, 1.54) is 19.2 Å². The number of hydrogen-bond donors (Lipinski definition) is 3. The maximum atomic E-state index is 13.5. The molecule has 0 aliphatic heterocycles. The lowest BCUT2D eigenvalue weighted by Crippen LogP contribution is -2.11. The molecule has 0 spiro atoms. The Kier molecular flexibility index (Phi) is 5.79. The normalized spacial score (nSPS) is 11.0. The maximum Gasteiger partial charge on any atom is 0.204 e. The molecule has 0 aliphatic carbocycles. The molecule has 0 saturated heterocycles. The number of carbonyl (C=O) groups excluding carboxylic acids is 1. The van der Waals surface area contributed by atoms with Crippen molar-refractivity contribution < 1.29 is 29.3 Å². The van der Waals surface area contributed by atoms with Crippen LogP contribution in [0.3, 0.4) is 0 Å². The van der Waals surface area contributed by atoms with Gasteiger partial charge in [-0.3, -0.25) is 9.59 Å². The van der Waals surface area contributed by atoms with E-state index in [1.807, 2.05) is 13.8 Å². The number of phenolic OH excluding ortho intramolecular Hbond substituents is 3. The van der Waals surface area contributed by atoms with Crippen LogP contribution in [0, 0.1) is 0 Å². The van der Waals surface area contributed by atoms with Crippen LogP contribution < -0.4 is 10.2 Å². The molecule has 0 radical (unpaired) electrons. The van der Waals surface area contributed by atoms with Gasteiger partial charge in [0.05, 0.1) is 12.5 Å². The molecular formula is C24H24O7. The van der Waals surface area contributed by atoms with Gasteiger partial charge in [-0.1, -0.05) is 18.2 Å². The number of aromatic hydroxyl groups is 3. The molecule has 7 nitrogen and oxygen atoms in total. The number of carbonyl (C=O) groups is 1. The summed E-state index contributed by atoms with van der Waals surface area (Å²) in [6, 6.07) is 2.46. The molecule has 0 unspecified atom stereocenters. The highest BCUT2D eigenvalue weighted by atomic mass is 16.5. The van der Waals surface area contributed by atoms with E-state index in [2.05, 4.69) is 6.58 Å². The van der Waals surface area contributed by atoms with Gasteiger partial charge in [-0.05, 0) is 32.8 Å². The number of fused-ring (bicyclic) bond motifs is 2. The molecule has 3 rings (SSSR count). The first-order valence-corrected chi connectivity index (χ1v) is 9.62. The van der Waals surface area contributed by atoms with Crippen molar-refractivity contribution in [1.29, 1.82) is 0 Å². The predicted molar refractivity (Wildman–Crippen MR) is 118 cm³/mol. The summed E-state index contributed by atoms with van der Waals surface area (Å²) in [5.41, 5.74) is 0.928. The van der Waals surface area contributed by atoms with Crippen LogP contribution in [0.15, 0.2) is 45.1 Å². The maximum absolute atomic E-state index is 13.5. The van der Waals surface area contributed by atoms with Crippen LogP contribution in [-0.2, 0) is 17.6 Å². The number of benzene rings is 2. The second kappa shape index (κ2) is 8.18. The van der Waals surface area contributed by atoms with Crippen LogP contribution in [0.2, 0.25) is 0 Å². The summed E-state index contributed by atoms with van der Waals surface area (Å²) in [5.74, 6) is -1.30. The molecule has 3 aromatic rings. The van der Waals surface area contributed by atoms with Crippen LogP contribution in [0.1, 0.15) is 31.9 Å². The highest BCUT2D eigenvalue weighted by Gasteiger charge is 2.24. The number of ether oxygens (including phenoxy) is 1. The quantitative estimate of drug-likeness (QED) is 0.307. The van der Waals surface area contributed by atoms with Gasteiger partial charge in [-0.2, -0.15) is 0 Å². The van der Waals surface area contributed by atoms with E-state index < -0.39 is 11.2 Å². The third-order valence-corrected chi connectivity index (χ3v) is 5.07. The minimum Gasteiger partial charge on any atom is -0.507 e. The Hall–Kier alpha value is -3.74. The van der Waals surface area contributed by atoms with Gasteiger partial charge < -0.3 is 24.5 Å². The molecule has 3 N–H and O–H groups in total. The molecule has 1 heterocycles. The highest BCUT2D eigenvalue weighted by Crippen LogP contribution is 2.40. The van der Waals surface area contributed by atoms with Gasteiger partial charge in [0.2, 0.25) is 5.43 Å². The van der Waals surface area contributed by atoms with E-state index in [-0.39, 0.29) is 74.5 Å². The van der Waals surface area contributed by atoms with Gasteiger partial charge in [0.25, 0.3) is 0 Å². The van der Waals surface area contributed by atoms with Gasteiger partial charge in [0, 0.05) is 29.7 Å². The van der Waals surface area contributed by atoms with Crippen molar-refractivity contribution in [2.75, 3.05) is 7.11 Å². The van der Waals surface area contributed by atoms with Gasteiger partial charge in [0.15, 0.2) is 17.3 Å². The Labute approximate surface area is 178 Å². The lowest BCUT2D eigenvalue weighted by molar-refractivity contribution is -0.114. The zero-order valence-corrected chi connectivity index (χ0v) is 17.8. The molecule has 0 fully saturated rings. The summed E-state index contributed by atoms with van der Waals surface area (Å²) < 4.78 is 11.0. The number of rotatable bonds is 6. The van der Waals surface area contributed by atoms with Crippen molar-refractivity contribution in [3.63, 3.8) is 0 Å². The molecule has 7 heteroatoms. The Balaban J connectivity index is 2.45. The second-order valence-corrected chi connectivity index (χ2v) is 7.67. The van der Waals surface area contributed by atoms with E-state index in [0.29, 0.717) is 0 Å². The fraction of sp³-hybridized carbons (Fsp3) is 0.250. The molecule has 162 valence electrons. The zero-order chi connectivity index (χ0) is 23.0. The average molecular weight is 424 g/mol. The summed E-state index contributed by atoms with van der Waals surface area (Å²) in [4.78, 5) is 25.8. The lowest BCUT2D eigenvalue weighted by atomic mass is 9.97. The van der Waals surface area contributed by atoms with Crippen molar-refractivity contribution in [2.45, 2.75) is 33.6 Å². The fourth-order valence-electron chi connectivity index (χ4n) is 3.44. The molecule has 0 bridgehead atoms. The molecular weight excluding hydrogens is 400 g/mol. The van der Waals surface area contributed by atoms with E-state index in [4.69, 9.17) is 9.15 Å². The number of methoxy groups -OCH3 is 1. The van der Waals surface area contributed by atoms with Crippen molar-refractivity contribution in [1.82, 2.24) is 0 Å². The number of Topliss-reactive ketones (excluding diaryl/α,β-unsaturated/α-hetero) is 1. The molecule has 2 aromatic carbocycles. The summed E-state index contributed by atoms with van der Waals surface area (Å²) in [6.45, 7) is 8.92. The number of ketones is 1. The van der Waals surface area contributed by atoms with Crippen LogP contribution >= 0.6 is 0 Å². The molecule has 0 aliphatic rings. The van der Waals surface area contributed by atoms with Crippen LogP contribution in [0.4, 0.5) is 0 Å². The van der Waals surface area contributed by atoms with E-state index in [1.54, 1.807) is 13.0 Å². The molecule has 0 saturated carbocycles. The standard InChI is InChI=1S/C24H24O7/c1-11(2)6-7-13-16(26)9-19-21(22(13)28)23(29)20-14(8-15(25)12(3)4)24(30-5)17(27)10-18(20)31-19/h6,9-10,26-28H,3,7-8H2,1-2,4-5H3. The highest BCUT2D eigenvalue weighted by molar-refractivity contribution is 6.02. The lowest BCUT2D eigenvalue weighted by Gasteiger charge is -2.14. The second-order valence-electron chi connectivity index (χ2n) is 7.67. The number of hydrogen-bond acceptors (Lipinski definition) is 7. The fourth-order valence-corrected chi connectivity index (χ4v) is 3.44. The molecule has 1 aromatic heterocycles. The molecule has 31 heavy (non-hydrogen) atoms. The van der Waals surface area contributed by atoms with Crippen molar-refractivity contribution in [2.24, 2.45) is 0 Å². The first-order chi connectivity index (χ1) is 14.6. The number of allylic oxidation sites excluding steroid dienone is 3.